The number of anilines is 3. The number of benzene rings is 2. The number of nitrogens with zero attached hydrogens (tertiary/aromatic N) is 3. The van der Waals surface area contributed by atoms with Crippen molar-refractivity contribution in [1.82, 2.24) is 14.9 Å². The van der Waals surface area contributed by atoms with Gasteiger partial charge in [0.05, 0.1) is 17.8 Å². The zero-order valence-electron chi connectivity index (χ0n) is 21.7. The molecule has 37 heavy (non-hydrogen) atoms. The lowest BCUT2D eigenvalue weighted by molar-refractivity contribution is -0.111. The van der Waals surface area contributed by atoms with E-state index >= 15 is 0 Å². The lowest BCUT2D eigenvalue weighted by Gasteiger charge is -2.51. The lowest BCUT2D eigenvalue weighted by atomic mass is 9.58. The van der Waals surface area contributed by atoms with Crippen LogP contribution in [0.4, 0.5) is 17.2 Å². The molecular weight excluding hydrogens is 486 g/mol. The Morgan fingerprint density at radius 1 is 1.22 bits per heavy atom. The van der Waals surface area contributed by atoms with Gasteiger partial charge in [0.1, 0.15) is 17.9 Å². The summed E-state index contributed by atoms with van der Waals surface area (Å²) < 4.78 is 6.32. The van der Waals surface area contributed by atoms with Crippen molar-refractivity contribution in [2.75, 3.05) is 37.4 Å². The van der Waals surface area contributed by atoms with Crippen LogP contribution in [0.5, 0.6) is 5.75 Å². The summed E-state index contributed by atoms with van der Waals surface area (Å²) in [5, 5.41) is 7.76. The van der Waals surface area contributed by atoms with E-state index in [0.29, 0.717) is 40.2 Å². The van der Waals surface area contributed by atoms with Crippen molar-refractivity contribution in [3.05, 3.63) is 59.4 Å². The fourth-order valence-electron chi connectivity index (χ4n) is 5.53. The number of aromatic nitrogens is 2. The van der Waals surface area contributed by atoms with Crippen molar-refractivity contribution >= 4 is 45.6 Å². The second kappa shape index (κ2) is 10.7. The third kappa shape index (κ3) is 5.73. The average molecular weight is 520 g/mol. The fraction of sp³-hybridized carbons (Fsp3) is 0.414. The predicted molar refractivity (Wildman–Crippen MR) is 150 cm³/mol. The first kappa shape index (κ1) is 25.5. The highest BCUT2D eigenvalue weighted by Crippen LogP contribution is 2.52. The van der Waals surface area contributed by atoms with E-state index in [1.807, 2.05) is 44.2 Å². The molecule has 1 aromatic heterocycles. The van der Waals surface area contributed by atoms with Gasteiger partial charge in [-0.1, -0.05) is 23.7 Å². The minimum atomic E-state index is -0.211. The van der Waals surface area contributed by atoms with Crippen LogP contribution >= 0.6 is 11.6 Å². The standard InChI is InChI=1S/C29H34ClN5O2/c1-4-5-27(36)34-25-13-22-24(31-18-32-28(22)33-21-7-6-19(2)23(30)12-21)14-26(25)37-17-20-15-29(16-20)8-10-35(3)11-9-29/h4-7,12-14,18,20H,8-11,15-17H2,1-3H3,(H,34,36)(H,31,32,33)/b5-4+. The van der Waals surface area contributed by atoms with Gasteiger partial charge in [0.25, 0.3) is 0 Å². The number of carbonyl (C=O) groups excluding carboxylic acids is 1. The van der Waals surface area contributed by atoms with Crippen molar-refractivity contribution in [3.8, 4) is 5.75 Å². The fourth-order valence-corrected chi connectivity index (χ4v) is 5.71. The number of amides is 1. The molecule has 2 aliphatic rings. The van der Waals surface area contributed by atoms with E-state index in [4.69, 9.17) is 16.3 Å². The summed E-state index contributed by atoms with van der Waals surface area (Å²) in [6.07, 6.45) is 9.72. The molecule has 5 rings (SSSR count). The Kier molecular flexibility index (Phi) is 7.36. The second-order valence-corrected chi connectivity index (χ2v) is 11.0. The molecule has 2 N–H and O–H groups in total. The molecule has 2 fully saturated rings. The van der Waals surface area contributed by atoms with Gasteiger partial charge in [-0.05, 0) is 101 Å². The molecule has 1 spiro atoms. The monoisotopic (exact) mass is 519 g/mol. The summed E-state index contributed by atoms with van der Waals surface area (Å²) >= 11 is 6.32. The zero-order valence-corrected chi connectivity index (χ0v) is 22.4. The number of aryl methyl sites for hydroxylation is 1. The van der Waals surface area contributed by atoms with E-state index in [1.165, 1.54) is 51.2 Å². The van der Waals surface area contributed by atoms with Crippen molar-refractivity contribution < 1.29 is 9.53 Å². The maximum atomic E-state index is 12.5. The molecule has 3 aromatic rings. The van der Waals surface area contributed by atoms with Crippen molar-refractivity contribution in [2.24, 2.45) is 11.3 Å². The Morgan fingerprint density at radius 3 is 2.73 bits per heavy atom. The SMILES string of the molecule is C/C=C/C(=O)Nc1cc2c(Nc3ccc(C)c(Cl)c3)ncnc2cc1OCC1CC2(CCN(C)CC2)C1. The Morgan fingerprint density at radius 2 is 2.00 bits per heavy atom. The van der Waals surface area contributed by atoms with Crippen LogP contribution in [0.1, 0.15) is 38.2 Å². The summed E-state index contributed by atoms with van der Waals surface area (Å²) in [4.78, 5) is 23.8. The third-order valence-electron chi connectivity index (χ3n) is 7.71. The molecule has 194 valence electrons. The minimum Gasteiger partial charge on any atom is -0.491 e. The highest BCUT2D eigenvalue weighted by molar-refractivity contribution is 6.31. The van der Waals surface area contributed by atoms with Crippen LogP contribution in [0.25, 0.3) is 10.9 Å². The average Bonchev–Trinajstić information content (AvgIpc) is 2.85. The number of fused-ring (bicyclic) bond motifs is 1. The number of halogens is 1. The van der Waals surface area contributed by atoms with Crippen LogP contribution in [0.3, 0.4) is 0 Å². The largest absolute Gasteiger partial charge is 0.491 e. The molecule has 2 aromatic carbocycles. The van der Waals surface area contributed by atoms with Gasteiger partial charge >= 0.3 is 0 Å². The van der Waals surface area contributed by atoms with Gasteiger partial charge in [-0.2, -0.15) is 0 Å². The van der Waals surface area contributed by atoms with Gasteiger partial charge in [-0.3, -0.25) is 4.79 Å². The Hall–Kier alpha value is -3.16. The Labute approximate surface area is 223 Å². The maximum Gasteiger partial charge on any atom is 0.248 e. The predicted octanol–water partition coefficient (Wildman–Crippen LogP) is 6.35. The number of piperidine rings is 1. The van der Waals surface area contributed by atoms with E-state index in [0.717, 1.165) is 22.2 Å². The summed E-state index contributed by atoms with van der Waals surface area (Å²) in [7, 11) is 2.20. The molecule has 8 heteroatoms. The van der Waals surface area contributed by atoms with Gasteiger partial charge in [-0.15, -0.1) is 0 Å². The van der Waals surface area contributed by atoms with E-state index in [1.54, 1.807) is 6.08 Å². The van der Waals surface area contributed by atoms with Crippen molar-refractivity contribution in [1.29, 1.82) is 0 Å². The maximum absolute atomic E-state index is 12.5. The highest BCUT2D eigenvalue weighted by Gasteiger charge is 2.45. The van der Waals surface area contributed by atoms with Crippen LogP contribution in [0.2, 0.25) is 5.02 Å². The number of nitrogens with one attached hydrogen (secondary N) is 2. The molecule has 0 atom stereocenters. The normalized spacial score (nSPS) is 17.7. The molecular formula is C29H34ClN5O2. The van der Waals surface area contributed by atoms with Gasteiger partial charge in [0.15, 0.2) is 0 Å². The van der Waals surface area contributed by atoms with E-state index in [9.17, 15) is 4.79 Å². The molecule has 0 radical (unpaired) electrons. The summed E-state index contributed by atoms with van der Waals surface area (Å²) in [6, 6.07) is 9.55. The molecule has 1 aliphatic heterocycles. The van der Waals surface area contributed by atoms with E-state index < -0.39 is 0 Å². The van der Waals surface area contributed by atoms with Crippen LogP contribution in [-0.4, -0.2) is 47.5 Å². The number of likely N-dealkylation sites (tertiary alicyclic amines) is 1. The first-order chi connectivity index (χ1) is 17.8. The molecule has 0 bridgehead atoms. The number of carbonyl (C=O) groups is 1. The molecule has 1 amide bonds. The molecule has 7 nitrogen and oxygen atoms in total. The van der Waals surface area contributed by atoms with Gasteiger partial charge in [0.2, 0.25) is 5.91 Å². The summed E-state index contributed by atoms with van der Waals surface area (Å²) in [5.41, 5.74) is 3.66. The summed E-state index contributed by atoms with van der Waals surface area (Å²) in [6.45, 7) is 6.78. The van der Waals surface area contributed by atoms with Crippen LogP contribution in [0, 0.1) is 18.3 Å². The molecule has 1 saturated heterocycles. The first-order valence-electron chi connectivity index (χ1n) is 12.9. The van der Waals surface area contributed by atoms with Gasteiger partial charge in [-0.25, -0.2) is 9.97 Å². The highest BCUT2D eigenvalue weighted by atomic mass is 35.5. The van der Waals surface area contributed by atoms with Gasteiger partial charge in [0, 0.05) is 22.2 Å². The Balaban J connectivity index is 1.37. The van der Waals surface area contributed by atoms with Crippen LogP contribution in [-0.2, 0) is 4.79 Å². The number of ether oxygens (including phenoxy) is 1. The number of hydrogen-bond donors (Lipinski definition) is 2. The molecule has 2 heterocycles. The Bertz CT molecular complexity index is 1330. The summed E-state index contributed by atoms with van der Waals surface area (Å²) in [5.74, 6) is 1.57. The van der Waals surface area contributed by atoms with Crippen LogP contribution < -0.4 is 15.4 Å². The smallest absolute Gasteiger partial charge is 0.248 e. The van der Waals surface area contributed by atoms with Crippen molar-refractivity contribution in [3.63, 3.8) is 0 Å². The van der Waals surface area contributed by atoms with E-state index in [-0.39, 0.29) is 5.91 Å². The van der Waals surface area contributed by atoms with E-state index in [2.05, 4.69) is 32.5 Å². The number of allylic oxidation sites excluding steroid dienone is 1. The number of rotatable bonds is 7. The second-order valence-electron chi connectivity index (χ2n) is 10.6. The first-order valence-corrected chi connectivity index (χ1v) is 13.3. The lowest BCUT2D eigenvalue weighted by Crippen LogP contribution is -2.47. The molecule has 1 aliphatic carbocycles. The van der Waals surface area contributed by atoms with Crippen LogP contribution in [0.15, 0.2) is 48.8 Å². The molecule has 0 unspecified atom stereocenters. The van der Waals surface area contributed by atoms with Gasteiger partial charge < -0.3 is 20.3 Å². The number of hydrogen-bond acceptors (Lipinski definition) is 6. The topological polar surface area (TPSA) is 79.4 Å². The zero-order chi connectivity index (χ0) is 26.0. The minimum absolute atomic E-state index is 0.211. The molecule has 1 saturated carbocycles. The van der Waals surface area contributed by atoms with Crippen molar-refractivity contribution in [2.45, 2.75) is 39.5 Å². The quantitative estimate of drug-likeness (QED) is 0.354. The third-order valence-corrected chi connectivity index (χ3v) is 8.12.